The van der Waals surface area contributed by atoms with Crippen molar-refractivity contribution < 1.29 is 0 Å². The minimum absolute atomic E-state index is 0.338. The predicted octanol–water partition coefficient (Wildman–Crippen LogP) is 2.94. The standard InChI is InChI=1S/C13H19BrN2S/c1-13(2)12-5-15-4-9(12)6-16(13)7-11-3-10(14)8-17-11/h3,8-9,12,15H,4-7H2,1-2H3. The summed E-state index contributed by atoms with van der Waals surface area (Å²) in [7, 11) is 0. The van der Waals surface area contributed by atoms with Crippen LogP contribution in [0.1, 0.15) is 18.7 Å². The lowest BCUT2D eigenvalue weighted by Gasteiger charge is -2.35. The van der Waals surface area contributed by atoms with E-state index in [1.54, 1.807) is 0 Å². The number of nitrogens with one attached hydrogen (secondary N) is 1. The fraction of sp³-hybridized carbons (Fsp3) is 0.692. The summed E-state index contributed by atoms with van der Waals surface area (Å²) in [5, 5.41) is 5.72. The van der Waals surface area contributed by atoms with Gasteiger partial charge in [0.15, 0.2) is 0 Å². The van der Waals surface area contributed by atoms with Crippen LogP contribution in [-0.2, 0) is 6.54 Å². The Hall–Kier alpha value is 0.1000. The van der Waals surface area contributed by atoms with Crippen LogP contribution in [0.5, 0.6) is 0 Å². The third kappa shape index (κ3) is 2.09. The van der Waals surface area contributed by atoms with Crippen molar-refractivity contribution in [1.29, 1.82) is 0 Å². The van der Waals surface area contributed by atoms with E-state index in [4.69, 9.17) is 0 Å². The molecule has 1 N–H and O–H groups in total. The quantitative estimate of drug-likeness (QED) is 0.903. The number of hydrogen-bond donors (Lipinski definition) is 1. The van der Waals surface area contributed by atoms with Crippen LogP contribution in [0.4, 0.5) is 0 Å². The molecule has 2 unspecified atom stereocenters. The highest BCUT2D eigenvalue weighted by Crippen LogP contribution is 2.41. The molecule has 3 rings (SSSR count). The molecule has 2 aliphatic rings. The number of halogens is 1. The summed E-state index contributed by atoms with van der Waals surface area (Å²) in [6.45, 7) is 9.58. The molecule has 3 heterocycles. The summed E-state index contributed by atoms with van der Waals surface area (Å²) in [5.41, 5.74) is 0.338. The number of fused-ring (bicyclic) bond motifs is 1. The van der Waals surface area contributed by atoms with E-state index in [1.807, 2.05) is 11.3 Å². The van der Waals surface area contributed by atoms with E-state index in [1.165, 1.54) is 29.0 Å². The number of likely N-dealkylation sites (tertiary alicyclic amines) is 1. The lowest BCUT2D eigenvalue weighted by Crippen LogP contribution is -2.43. The molecule has 2 aliphatic heterocycles. The number of thiophene rings is 1. The molecule has 1 aromatic rings. The van der Waals surface area contributed by atoms with Crippen LogP contribution in [0, 0.1) is 11.8 Å². The molecule has 0 aliphatic carbocycles. The van der Waals surface area contributed by atoms with Gasteiger partial charge in [0, 0.05) is 39.9 Å². The molecule has 2 atom stereocenters. The SMILES string of the molecule is CC1(C)C2CNCC2CN1Cc1cc(Br)cs1. The van der Waals surface area contributed by atoms with Crippen LogP contribution in [-0.4, -0.2) is 30.1 Å². The largest absolute Gasteiger partial charge is 0.316 e. The average molecular weight is 315 g/mol. The van der Waals surface area contributed by atoms with Crippen molar-refractivity contribution in [2.24, 2.45) is 11.8 Å². The molecule has 0 aromatic carbocycles. The highest BCUT2D eigenvalue weighted by Gasteiger charge is 2.49. The molecule has 2 saturated heterocycles. The van der Waals surface area contributed by atoms with Crippen LogP contribution < -0.4 is 5.32 Å². The van der Waals surface area contributed by atoms with Crippen LogP contribution in [0.2, 0.25) is 0 Å². The molecule has 4 heteroatoms. The Bertz CT molecular complexity index is 415. The zero-order chi connectivity index (χ0) is 12.0. The van der Waals surface area contributed by atoms with Crippen molar-refractivity contribution >= 4 is 27.3 Å². The Balaban J connectivity index is 1.76. The molecule has 1 aromatic heterocycles. The van der Waals surface area contributed by atoms with Crippen molar-refractivity contribution in [2.45, 2.75) is 25.9 Å². The van der Waals surface area contributed by atoms with Crippen molar-refractivity contribution in [3.05, 3.63) is 20.8 Å². The maximum Gasteiger partial charge on any atom is 0.0333 e. The summed E-state index contributed by atoms with van der Waals surface area (Å²) in [4.78, 5) is 4.14. The highest BCUT2D eigenvalue weighted by atomic mass is 79.9. The van der Waals surface area contributed by atoms with Crippen LogP contribution in [0.3, 0.4) is 0 Å². The van der Waals surface area contributed by atoms with Gasteiger partial charge in [-0.15, -0.1) is 11.3 Å². The summed E-state index contributed by atoms with van der Waals surface area (Å²) >= 11 is 5.40. The van der Waals surface area contributed by atoms with Gasteiger partial charge in [-0.25, -0.2) is 0 Å². The van der Waals surface area contributed by atoms with Crippen LogP contribution >= 0.6 is 27.3 Å². The van der Waals surface area contributed by atoms with E-state index in [0.29, 0.717) is 5.54 Å². The summed E-state index contributed by atoms with van der Waals surface area (Å²) in [6, 6.07) is 2.26. The molecule has 0 saturated carbocycles. The molecular formula is C13H19BrN2S. The first-order chi connectivity index (χ1) is 8.07. The second kappa shape index (κ2) is 4.34. The Labute approximate surface area is 116 Å². The van der Waals surface area contributed by atoms with Gasteiger partial charge in [-0.1, -0.05) is 0 Å². The van der Waals surface area contributed by atoms with Gasteiger partial charge in [-0.3, -0.25) is 4.90 Å². The zero-order valence-corrected chi connectivity index (χ0v) is 12.8. The van der Waals surface area contributed by atoms with E-state index >= 15 is 0 Å². The van der Waals surface area contributed by atoms with Gasteiger partial charge in [0.1, 0.15) is 0 Å². The smallest absolute Gasteiger partial charge is 0.0333 e. The molecule has 2 nitrogen and oxygen atoms in total. The second-order valence-electron chi connectivity index (χ2n) is 5.79. The molecule has 0 spiro atoms. The van der Waals surface area contributed by atoms with Gasteiger partial charge in [0.05, 0.1) is 0 Å². The Morgan fingerprint density at radius 3 is 3.00 bits per heavy atom. The Kier molecular flexibility index (Phi) is 3.10. The van der Waals surface area contributed by atoms with Gasteiger partial charge in [-0.2, -0.15) is 0 Å². The van der Waals surface area contributed by atoms with Gasteiger partial charge >= 0.3 is 0 Å². The average Bonchev–Trinajstić information content (AvgIpc) is 2.90. The van der Waals surface area contributed by atoms with Gasteiger partial charge < -0.3 is 5.32 Å². The molecule has 0 radical (unpaired) electrons. The summed E-state index contributed by atoms with van der Waals surface area (Å²) in [5.74, 6) is 1.68. The van der Waals surface area contributed by atoms with E-state index in [-0.39, 0.29) is 0 Å². The van der Waals surface area contributed by atoms with Crippen LogP contribution in [0.15, 0.2) is 15.9 Å². The third-order valence-electron chi connectivity index (χ3n) is 4.49. The molecular weight excluding hydrogens is 296 g/mol. The fourth-order valence-corrected chi connectivity index (χ4v) is 4.86. The monoisotopic (exact) mass is 314 g/mol. The van der Waals surface area contributed by atoms with Gasteiger partial charge in [-0.05, 0) is 54.2 Å². The van der Waals surface area contributed by atoms with Crippen molar-refractivity contribution in [2.75, 3.05) is 19.6 Å². The van der Waals surface area contributed by atoms with E-state index in [0.717, 1.165) is 18.4 Å². The maximum absolute atomic E-state index is 3.54. The molecule has 0 amide bonds. The minimum atomic E-state index is 0.338. The lowest BCUT2D eigenvalue weighted by atomic mass is 9.85. The third-order valence-corrected chi connectivity index (χ3v) is 6.17. The first-order valence-corrected chi connectivity index (χ1v) is 7.93. The van der Waals surface area contributed by atoms with Crippen molar-refractivity contribution in [3.63, 3.8) is 0 Å². The van der Waals surface area contributed by atoms with Crippen LogP contribution in [0.25, 0.3) is 0 Å². The Morgan fingerprint density at radius 1 is 1.53 bits per heavy atom. The lowest BCUT2D eigenvalue weighted by molar-refractivity contribution is 0.133. The highest BCUT2D eigenvalue weighted by molar-refractivity contribution is 9.10. The van der Waals surface area contributed by atoms with E-state index < -0.39 is 0 Å². The molecule has 17 heavy (non-hydrogen) atoms. The Morgan fingerprint density at radius 2 is 2.35 bits per heavy atom. The van der Waals surface area contributed by atoms with Gasteiger partial charge in [0.2, 0.25) is 0 Å². The second-order valence-corrected chi connectivity index (χ2v) is 7.70. The minimum Gasteiger partial charge on any atom is -0.316 e. The van der Waals surface area contributed by atoms with E-state index in [2.05, 4.69) is 51.4 Å². The first kappa shape index (κ1) is 12.2. The summed E-state index contributed by atoms with van der Waals surface area (Å²) in [6.07, 6.45) is 0. The van der Waals surface area contributed by atoms with Crippen molar-refractivity contribution in [1.82, 2.24) is 10.2 Å². The zero-order valence-electron chi connectivity index (χ0n) is 10.4. The fourth-order valence-electron chi connectivity index (χ4n) is 3.40. The first-order valence-electron chi connectivity index (χ1n) is 6.26. The topological polar surface area (TPSA) is 15.3 Å². The van der Waals surface area contributed by atoms with Crippen molar-refractivity contribution in [3.8, 4) is 0 Å². The normalized spacial score (nSPS) is 31.9. The predicted molar refractivity (Wildman–Crippen MR) is 76.4 cm³/mol. The number of rotatable bonds is 2. The maximum atomic E-state index is 3.54. The van der Waals surface area contributed by atoms with E-state index in [9.17, 15) is 0 Å². The number of nitrogens with zero attached hydrogens (tertiary/aromatic N) is 1. The summed E-state index contributed by atoms with van der Waals surface area (Å²) < 4.78 is 1.22. The molecule has 94 valence electrons. The van der Waals surface area contributed by atoms with Gasteiger partial charge in [0.25, 0.3) is 0 Å². The molecule has 2 fully saturated rings. The molecule has 0 bridgehead atoms. The number of hydrogen-bond acceptors (Lipinski definition) is 3.